The number of hydrogen-bond donors (Lipinski definition) is 4. The van der Waals surface area contributed by atoms with Gasteiger partial charge in [-0.05, 0) is 71.0 Å². The highest BCUT2D eigenvalue weighted by Crippen LogP contribution is 2.51. The van der Waals surface area contributed by atoms with E-state index in [1.165, 1.54) is 5.56 Å². The number of carbonyl (C=O) groups excluding carboxylic acids is 1. The average molecular weight is 489 g/mol. The summed E-state index contributed by atoms with van der Waals surface area (Å²) in [7, 11) is 3.95. The molecule has 0 unspecified atom stereocenters. The first-order valence-electron chi connectivity index (χ1n) is 13.3. The molecule has 7 nitrogen and oxygen atoms in total. The molecular weight excluding hydrogens is 444 g/mol. The summed E-state index contributed by atoms with van der Waals surface area (Å²) in [4.78, 5) is 14.8. The molecule has 0 aromatic heterocycles. The van der Waals surface area contributed by atoms with Gasteiger partial charge in [-0.3, -0.25) is 4.79 Å². The molecule has 35 heavy (non-hydrogen) atoms. The Kier molecular flexibility index (Phi) is 7.94. The van der Waals surface area contributed by atoms with Crippen molar-refractivity contribution < 1.29 is 24.9 Å². The minimum atomic E-state index is -0.935. The van der Waals surface area contributed by atoms with Crippen LogP contribution in [0.15, 0.2) is 30.3 Å². The fraction of sp³-hybridized carbons (Fsp3) is 0.750. The Balaban J connectivity index is 1.53. The number of aliphatic hydroxyl groups is 3. The minimum Gasteiger partial charge on any atom is -0.389 e. The summed E-state index contributed by atoms with van der Waals surface area (Å²) in [6, 6.07) is 10.2. The maximum Gasteiger partial charge on any atom is 0.222 e. The first-order valence-corrected chi connectivity index (χ1v) is 13.3. The Hall–Kier alpha value is -1.51. The largest absolute Gasteiger partial charge is 0.389 e. The number of rotatable bonds is 7. The zero-order valence-electron chi connectivity index (χ0n) is 21.6. The van der Waals surface area contributed by atoms with Gasteiger partial charge in [-0.25, -0.2) is 0 Å². The Morgan fingerprint density at radius 2 is 1.83 bits per heavy atom. The molecule has 2 bridgehead atoms. The molecule has 1 saturated carbocycles. The quantitative estimate of drug-likeness (QED) is 0.471. The van der Waals surface area contributed by atoms with Gasteiger partial charge in [0.1, 0.15) is 6.10 Å². The van der Waals surface area contributed by atoms with Crippen LogP contribution in [-0.4, -0.2) is 81.8 Å². The molecule has 4 N–H and O–H groups in total. The summed E-state index contributed by atoms with van der Waals surface area (Å²) in [5, 5.41) is 36.6. The summed E-state index contributed by atoms with van der Waals surface area (Å²) in [6.07, 6.45) is 5.30. The van der Waals surface area contributed by atoms with E-state index >= 15 is 0 Å². The van der Waals surface area contributed by atoms with E-state index in [-0.39, 0.29) is 30.8 Å². The van der Waals surface area contributed by atoms with Gasteiger partial charge >= 0.3 is 0 Å². The van der Waals surface area contributed by atoms with E-state index in [2.05, 4.69) is 17.4 Å². The summed E-state index contributed by atoms with van der Waals surface area (Å²) >= 11 is 0. The van der Waals surface area contributed by atoms with Crippen LogP contribution in [0.25, 0.3) is 0 Å². The van der Waals surface area contributed by atoms with Crippen LogP contribution >= 0.6 is 0 Å². The Bertz CT molecular complexity index is 858. The lowest BCUT2D eigenvalue weighted by molar-refractivity contribution is -0.250. The molecule has 1 amide bonds. The van der Waals surface area contributed by atoms with Crippen molar-refractivity contribution in [1.29, 1.82) is 0 Å². The summed E-state index contributed by atoms with van der Waals surface area (Å²) in [6.45, 7) is 2.03. The van der Waals surface area contributed by atoms with Crippen molar-refractivity contribution >= 4 is 5.91 Å². The molecule has 2 saturated heterocycles. The van der Waals surface area contributed by atoms with Gasteiger partial charge in [-0.15, -0.1) is 0 Å². The molecule has 2 aliphatic heterocycles. The molecule has 4 rings (SSSR count). The fourth-order valence-corrected chi connectivity index (χ4v) is 6.83. The lowest BCUT2D eigenvalue weighted by atomic mass is 9.72. The predicted molar refractivity (Wildman–Crippen MR) is 135 cm³/mol. The second kappa shape index (κ2) is 10.5. The summed E-state index contributed by atoms with van der Waals surface area (Å²) in [5.41, 5.74) is -1.46. The molecule has 1 aromatic carbocycles. The van der Waals surface area contributed by atoms with Gasteiger partial charge in [0.25, 0.3) is 0 Å². The number of carbonyl (C=O) groups is 1. The van der Waals surface area contributed by atoms with E-state index < -0.39 is 29.0 Å². The standard InChI is InChI=1S/C28H44N2O5/c1-26-16-21(20-10-6-4-7-11-20)17-28(35-26,15-12-22(25(26)33)30(2)3)23(31)19-29-24(32)18-27(34)13-8-5-9-14-27/h4,6-7,10-11,21-23,25,31,33-34H,5,8-9,12-19H2,1-3H3,(H,29,32)/t21-,22-,23-,25+,26+,28+/m1/s1. The van der Waals surface area contributed by atoms with E-state index in [0.29, 0.717) is 38.5 Å². The third-order valence-corrected chi connectivity index (χ3v) is 8.84. The topological polar surface area (TPSA) is 102 Å². The molecule has 1 aliphatic carbocycles. The number of hydrogen-bond acceptors (Lipinski definition) is 6. The SMILES string of the molecule is CN(C)[C@@H]1CC[C@@]2([C@H](O)CNC(=O)CC3(O)CCCCC3)C[C@H](c3ccccc3)C[C@](C)(O2)[C@H]1O. The predicted octanol–water partition coefficient (Wildman–Crippen LogP) is 2.73. The molecular formula is C28H44N2O5. The second-order valence-electron chi connectivity index (χ2n) is 11.8. The van der Waals surface area contributed by atoms with Gasteiger partial charge < -0.3 is 30.3 Å². The molecule has 0 spiro atoms. The first-order chi connectivity index (χ1) is 16.6. The lowest BCUT2D eigenvalue weighted by Crippen LogP contribution is -2.61. The van der Waals surface area contributed by atoms with Crippen molar-refractivity contribution in [2.24, 2.45) is 0 Å². The number of fused-ring (bicyclic) bond motifs is 2. The third kappa shape index (κ3) is 5.75. The van der Waals surface area contributed by atoms with Crippen LogP contribution in [0.4, 0.5) is 0 Å². The van der Waals surface area contributed by atoms with Crippen LogP contribution in [0, 0.1) is 0 Å². The highest BCUT2D eigenvalue weighted by molar-refractivity contribution is 5.77. The molecule has 3 fully saturated rings. The number of likely N-dealkylation sites (N-methyl/N-ethyl adjacent to an activating group) is 1. The van der Waals surface area contributed by atoms with Crippen LogP contribution in [0.5, 0.6) is 0 Å². The van der Waals surface area contributed by atoms with Gasteiger partial charge in [-0.2, -0.15) is 0 Å². The maximum absolute atomic E-state index is 12.7. The molecule has 1 aromatic rings. The smallest absolute Gasteiger partial charge is 0.222 e. The van der Waals surface area contributed by atoms with Crippen LogP contribution in [0.2, 0.25) is 0 Å². The van der Waals surface area contributed by atoms with Crippen LogP contribution < -0.4 is 5.32 Å². The third-order valence-electron chi connectivity index (χ3n) is 8.84. The number of nitrogens with one attached hydrogen (secondary N) is 1. The van der Waals surface area contributed by atoms with Gasteiger partial charge in [0.05, 0.1) is 29.3 Å². The van der Waals surface area contributed by atoms with Gasteiger partial charge in [-0.1, -0.05) is 49.6 Å². The minimum absolute atomic E-state index is 0.0647. The number of nitrogens with zero attached hydrogens (tertiary/aromatic N) is 1. The number of benzene rings is 1. The Morgan fingerprint density at radius 1 is 1.14 bits per heavy atom. The van der Waals surface area contributed by atoms with Gasteiger partial charge in [0, 0.05) is 12.6 Å². The number of ether oxygens (including phenoxy) is 1. The van der Waals surface area contributed by atoms with Crippen molar-refractivity contribution in [1.82, 2.24) is 10.2 Å². The normalized spacial score (nSPS) is 35.8. The fourth-order valence-electron chi connectivity index (χ4n) is 6.83. The van der Waals surface area contributed by atoms with Crippen LogP contribution in [0.3, 0.4) is 0 Å². The van der Waals surface area contributed by atoms with E-state index in [9.17, 15) is 20.1 Å². The van der Waals surface area contributed by atoms with Gasteiger partial charge in [0.15, 0.2) is 0 Å². The van der Waals surface area contributed by atoms with Crippen molar-refractivity contribution in [3.8, 4) is 0 Å². The van der Waals surface area contributed by atoms with E-state index in [0.717, 1.165) is 19.3 Å². The van der Waals surface area contributed by atoms with Gasteiger partial charge in [0.2, 0.25) is 5.91 Å². The first kappa shape index (κ1) is 26.6. The van der Waals surface area contributed by atoms with Crippen molar-refractivity contribution in [3.05, 3.63) is 35.9 Å². The molecule has 7 heteroatoms. The molecule has 0 radical (unpaired) electrons. The number of amides is 1. The van der Waals surface area contributed by atoms with Crippen molar-refractivity contribution in [2.45, 2.75) is 112 Å². The average Bonchev–Trinajstić information content (AvgIpc) is 2.90. The van der Waals surface area contributed by atoms with E-state index in [1.807, 2.05) is 44.1 Å². The second-order valence-corrected chi connectivity index (χ2v) is 11.8. The molecule has 2 heterocycles. The highest BCUT2D eigenvalue weighted by atomic mass is 16.6. The zero-order valence-corrected chi connectivity index (χ0v) is 21.6. The van der Waals surface area contributed by atoms with Crippen molar-refractivity contribution in [2.75, 3.05) is 20.6 Å². The maximum atomic E-state index is 12.7. The van der Waals surface area contributed by atoms with Crippen LogP contribution in [-0.2, 0) is 9.53 Å². The molecule has 3 aliphatic rings. The van der Waals surface area contributed by atoms with Crippen molar-refractivity contribution in [3.63, 3.8) is 0 Å². The van der Waals surface area contributed by atoms with Crippen LogP contribution in [0.1, 0.15) is 82.6 Å². The number of aliphatic hydroxyl groups excluding tert-OH is 2. The summed E-state index contributed by atoms with van der Waals surface area (Å²) < 4.78 is 6.70. The van der Waals surface area contributed by atoms with E-state index in [4.69, 9.17) is 4.74 Å². The lowest BCUT2D eigenvalue weighted by Gasteiger charge is -2.52. The molecule has 196 valence electrons. The van der Waals surface area contributed by atoms with E-state index in [1.54, 1.807) is 0 Å². The summed E-state index contributed by atoms with van der Waals surface area (Å²) in [5.74, 6) is -0.110. The Morgan fingerprint density at radius 3 is 2.49 bits per heavy atom. The Labute approximate surface area is 209 Å². The molecule has 6 atom stereocenters. The highest BCUT2D eigenvalue weighted by Gasteiger charge is 2.57. The zero-order chi connectivity index (χ0) is 25.3. The monoisotopic (exact) mass is 488 g/mol.